The second-order valence-corrected chi connectivity index (χ2v) is 3.44. The van der Waals surface area contributed by atoms with Crippen LogP contribution < -0.4 is 4.74 Å². The first-order chi connectivity index (χ1) is 5.25. The van der Waals surface area contributed by atoms with E-state index in [1.54, 1.807) is 0 Å². The molecule has 0 radical (unpaired) electrons. The molecule has 0 bridgehead atoms. The summed E-state index contributed by atoms with van der Waals surface area (Å²) >= 11 is 4.26. The van der Waals surface area contributed by atoms with E-state index in [-0.39, 0.29) is 0 Å². The van der Waals surface area contributed by atoms with E-state index in [0.29, 0.717) is 6.10 Å². The fourth-order valence-electron chi connectivity index (χ4n) is 1.41. The summed E-state index contributed by atoms with van der Waals surface area (Å²) in [4.78, 5) is 1.02. The predicted molar refractivity (Wildman–Crippen MR) is 47.5 cm³/mol. The number of thiol groups is 1. The predicted octanol–water partition coefficient (Wildman–Crippen LogP) is 2.30. The number of ether oxygens (including phenoxy) is 1. The molecule has 0 amide bonds. The van der Waals surface area contributed by atoms with Crippen molar-refractivity contribution in [3.05, 3.63) is 23.8 Å². The Kier molecular flexibility index (Phi) is 1.57. The van der Waals surface area contributed by atoms with Crippen molar-refractivity contribution >= 4 is 12.6 Å². The first-order valence-corrected chi connectivity index (χ1v) is 4.19. The lowest BCUT2D eigenvalue weighted by molar-refractivity contribution is 0.254. The molecule has 0 aromatic heterocycles. The van der Waals surface area contributed by atoms with Gasteiger partial charge in [0, 0.05) is 11.3 Å². The van der Waals surface area contributed by atoms with E-state index < -0.39 is 0 Å². The second-order valence-electron chi connectivity index (χ2n) is 2.92. The summed E-state index contributed by atoms with van der Waals surface area (Å²) in [6.07, 6.45) is 1.35. The maximum absolute atomic E-state index is 5.53. The molecule has 1 aromatic carbocycles. The van der Waals surface area contributed by atoms with Gasteiger partial charge >= 0.3 is 0 Å². The van der Waals surface area contributed by atoms with Crippen LogP contribution in [0.1, 0.15) is 12.5 Å². The van der Waals surface area contributed by atoms with Gasteiger partial charge in [-0.2, -0.15) is 0 Å². The molecule has 1 nitrogen and oxygen atoms in total. The first kappa shape index (κ1) is 7.04. The van der Waals surface area contributed by atoms with Crippen LogP contribution in [0.5, 0.6) is 5.75 Å². The molecule has 0 fully saturated rings. The summed E-state index contributed by atoms with van der Waals surface area (Å²) in [6.45, 7) is 2.08. The molecule has 1 aliphatic rings. The van der Waals surface area contributed by atoms with Gasteiger partial charge in [0.25, 0.3) is 0 Å². The third-order valence-corrected chi connectivity index (χ3v) is 2.16. The fraction of sp³-hybridized carbons (Fsp3) is 0.333. The lowest BCUT2D eigenvalue weighted by Gasteiger charge is -2.01. The standard InChI is InChI=1S/C9H10OS/c1-6-4-7-5-8(11)2-3-9(7)10-6/h2-3,5-6,11H,4H2,1H3. The highest BCUT2D eigenvalue weighted by Gasteiger charge is 2.17. The van der Waals surface area contributed by atoms with Crippen LogP contribution in [-0.2, 0) is 6.42 Å². The Morgan fingerprint density at radius 1 is 1.55 bits per heavy atom. The molecule has 0 spiro atoms. The van der Waals surface area contributed by atoms with Crippen LogP contribution in [0.3, 0.4) is 0 Å². The lowest BCUT2D eigenvalue weighted by atomic mass is 10.1. The molecular weight excluding hydrogens is 156 g/mol. The van der Waals surface area contributed by atoms with Crippen molar-refractivity contribution in [3.63, 3.8) is 0 Å². The van der Waals surface area contributed by atoms with Crippen molar-refractivity contribution in [2.45, 2.75) is 24.3 Å². The fourth-order valence-corrected chi connectivity index (χ4v) is 1.64. The Morgan fingerprint density at radius 3 is 3.18 bits per heavy atom. The molecule has 1 aromatic rings. The molecule has 1 unspecified atom stereocenters. The lowest BCUT2D eigenvalue weighted by Crippen LogP contribution is -2.05. The highest BCUT2D eigenvalue weighted by atomic mass is 32.1. The largest absolute Gasteiger partial charge is 0.490 e. The number of rotatable bonds is 0. The molecule has 0 aliphatic carbocycles. The van der Waals surface area contributed by atoms with E-state index in [4.69, 9.17) is 4.74 Å². The minimum absolute atomic E-state index is 0.333. The zero-order valence-electron chi connectivity index (χ0n) is 6.37. The topological polar surface area (TPSA) is 9.23 Å². The second kappa shape index (κ2) is 2.45. The van der Waals surface area contributed by atoms with Gasteiger partial charge < -0.3 is 4.74 Å². The van der Waals surface area contributed by atoms with Crippen molar-refractivity contribution in [3.8, 4) is 5.75 Å². The van der Waals surface area contributed by atoms with Crippen molar-refractivity contribution in [1.29, 1.82) is 0 Å². The van der Waals surface area contributed by atoms with Crippen molar-refractivity contribution in [2.24, 2.45) is 0 Å². The quantitative estimate of drug-likeness (QED) is 0.582. The molecule has 58 valence electrons. The van der Waals surface area contributed by atoms with Crippen LogP contribution in [0.15, 0.2) is 23.1 Å². The van der Waals surface area contributed by atoms with Gasteiger partial charge in [0.2, 0.25) is 0 Å². The van der Waals surface area contributed by atoms with Gasteiger partial charge in [-0.05, 0) is 30.7 Å². The molecule has 0 saturated heterocycles. The van der Waals surface area contributed by atoms with Crippen molar-refractivity contribution < 1.29 is 4.74 Å². The molecule has 11 heavy (non-hydrogen) atoms. The van der Waals surface area contributed by atoms with Gasteiger partial charge in [0.1, 0.15) is 11.9 Å². The Labute approximate surface area is 71.8 Å². The highest BCUT2D eigenvalue weighted by Crippen LogP contribution is 2.29. The normalized spacial score (nSPS) is 21.1. The van der Waals surface area contributed by atoms with Gasteiger partial charge in [-0.1, -0.05) is 0 Å². The van der Waals surface area contributed by atoms with Crippen LogP contribution in [0.2, 0.25) is 0 Å². The number of fused-ring (bicyclic) bond motifs is 1. The first-order valence-electron chi connectivity index (χ1n) is 3.74. The minimum Gasteiger partial charge on any atom is -0.490 e. The Hall–Kier alpha value is -0.630. The molecule has 2 heteroatoms. The monoisotopic (exact) mass is 166 g/mol. The number of hydrogen-bond acceptors (Lipinski definition) is 2. The Balaban J connectivity index is 2.43. The summed E-state index contributed by atoms with van der Waals surface area (Å²) in [5.74, 6) is 1.02. The van der Waals surface area contributed by atoms with Crippen LogP contribution in [0.25, 0.3) is 0 Å². The average molecular weight is 166 g/mol. The summed E-state index contributed by atoms with van der Waals surface area (Å²) in [6, 6.07) is 6.02. The average Bonchev–Trinajstić information content (AvgIpc) is 2.27. The third-order valence-electron chi connectivity index (χ3n) is 1.88. The van der Waals surface area contributed by atoms with E-state index in [1.807, 2.05) is 12.1 Å². The minimum atomic E-state index is 0.333. The molecule has 2 rings (SSSR count). The van der Waals surface area contributed by atoms with Gasteiger partial charge in [-0.25, -0.2) is 0 Å². The molecule has 0 saturated carbocycles. The number of hydrogen-bond donors (Lipinski definition) is 1. The van der Waals surface area contributed by atoms with Crippen molar-refractivity contribution in [2.75, 3.05) is 0 Å². The Morgan fingerprint density at radius 2 is 2.36 bits per heavy atom. The summed E-state index contributed by atoms with van der Waals surface area (Å²) in [7, 11) is 0. The van der Waals surface area contributed by atoms with Crippen LogP contribution >= 0.6 is 12.6 Å². The Bertz CT molecular complexity index is 283. The summed E-state index contributed by atoms with van der Waals surface area (Å²) in [5.41, 5.74) is 1.28. The van der Waals surface area contributed by atoms with Gasteiger partial charge in [0.15, 0.2) is 0 Å². The smallest absolute Gasteiger partial charge is 0.123 e. The molecule has 1 aliphatic heterocycles. The van der Waals surface area contributed by atoms with Crippen LogP contribution in [-0.4, -0.2) is 6.10 Å². The van der Waals surface area contributed by atoms with E-state index in [9.17, 15) is 0 Å². The third kappa shape index (κ3) is 1.23. The van der Waals surface area contributed by atoms with E-state index >= 15 is 0 Å². The summed E-state index contributed by atoms with van der Waals surface area (Å²) < 4.78 is 5.53. The van der Waals surface area contributed by atoms with E-state index in [1.165, 1.54) is 5.56 Å². The van der Waals surface area contributed by atoms with E-state index in [0.717, 1.165) is 17.1 Å². The van der Waals surface area contributed by atoms with Crippen LogP contribution in [0.4, 0.5) is 0 Å². The zero-order chi connectivity index (χ0) is 7.84. The molecular formula is C9H10OS. The van der Waals surface area contributed by atoms with Gasteiger partial charge in [0.05, 0.1) is 0 Å². The zero-order valence-corrected chi connectivity index (χ0v) is 7.27. The SMILES string of the molecule is CC1Cc2cc(S)ccc2O1. The molecule has 0 N–H and O–H groups in total. The van der Waals surface area contributed by atoms with Crippen molar-refractivity contribution in [1.82, 2.24) is 0 Å². The summed E-state index contributed by atoms with van der Waals surface area (Å²) in [5, 5.41) is 0. The van der Waals surface area contributed by atoms with Gasteiger partial charge in [-0.15, -0.1) is 12.6 Å². The molecule has 1 atom stereocenters. The maximum atomic E-state index is 5.53. The molecule has 1 heterocycles. The van der Waals surface area contributed by atoms with Crippen LogP contribution in [0, 0.1) is 0 Å². The highest BCUT2D eigenvalue weighted by molar-refractivity contribution is 7.80. The number of benzene rings is 1. The maximum Gasteiger partial charge on any atom is 0.123 e. The van der Waals surface area contributed by atoms with E-state index in [2.05, 4.69) is 25.6 Å². The van der Waals surface area contributed by atoms with Gasteiger partial charge in [-0.3, -0.25) is 0 Å².